The molecule has 1 aromatic carbocycles. The van der Waals surface area contributed by atoms with Gasteiger partial charge in [0.05, 0.1) is 5.52 Å². The summed E-state index contributed by atoms with van der Waals surface area (Å²) in [5, 5.41) is 13.7. The third-order valence-electron chi connectivity index (χ3n) is 4.33. The second-order valence-corrected chi connectivity index (χ2v) is 5.49. The molecule has 4 heteroatoms. The Morgan fingerprint density at radius 1 is 1.40 bits per heavy atom. The Morgan fingerprint density at radius 3 is 2.75 bits per heavy atom. The van der Waals surface area contributed by atoms with Crippen LogP contribution in [-0.4, -0.2) is 21.6 Å². The smallest absolute Gasteiger partial charge is 0.339 e. The molecule has 1 aliphatic rings. The average molecular weight is 270 g/mol. The van der Waals surface area contributed by atoms with Crippen LogP contribution in [0.15, 0.2) is 30.3 Å². The van der Waals surface area contributed by atoms with Crippen LogP contribution in [-0.2, 0) is 0 Å². The van der Waals surface area contributed by atoms with E-state index in [-0.39, 0.29) is 11.1 Å². The molecule has 0 amide bonds. The van der Waals surface area contributed by atoms with Gasteiger partial charge in [-0.2, -0.15) is 0 Å². The van der Waals surface area contributed by atoms with E-state index in [0.717, 1.165) is 30.2 Å². The average Bonchev–Trinajstić information content (AvgIpc) is 2.41. The minimum atomic E-state index is -0.934. The van der Waals surface area contributed by atoms with Gasteiger partial charge >= 0.3 is 5.97 Å². The number of carbonyl (C=O) groups is 1. The summed E-state index contributed by atoms with van der Waals surface area (Å²) in [6, 6.07) is 9.30. The Hall–Kier alpha value is -2.10. The lowest BCUT2D eigenvalue weighted by atomic mass is 9.75. The molecule has 1 aliphatic carbocycles. The topological polar surface area (TPSA) is 62.2 Å². The first-order valence-electron chi connectivity index (χ1n) is 7.05. The predicted molar refractivity (Wildman–Crippen MR) is 79.2 cm³/mol. The lowest BCUT2D eigenvalue weighted by molar-refractivity contribution is 0.0697. The van der Waals surface area contributed by atoms with Crippen LogP contribution in [0.25, 0.3) is 10.9 Å². The van der Waals surface area contributed by atoms with Gasteiger partial charge in [-0.05, 0) is 37.8 Å². The number of aromatic carboxylic acids is 1. The molecule has 0 aliphatic heterocycles. The number of pyridine rings is 1. The summed E-state index contributed by atoms with van der Waals surface area (Å²) in [7, 11) is 0. The number of rotatable bonds is 4. The van der Waals surface area contributed by atoms with Crippen LogP contribution < -0.4 is 5.32 Å². The molecule has 3 rings (SSSR count). The van der Waals surface area contributed by atoms with Crippen molar-refractivity contribution in [3.05, 3.63) is 35.9 Å². The summed E-state index contributed by atoms with van der Waals surface area (Å²) in [5.74, 6) is -0.436. The fourth-order valence-corrected chi connectivity index (χ4v) is 2.80. The number of hydrogen-bond donors (Lipinski definition) is 2. The third-order valence-corrected chi connectivity index (χ3v) is 4.33. The summed E-state index contributed by atoms with van der Waals surface area (Å²) in [6.45, 7) is 2.13. The molecule has 104 valence electrons. The highest BCUT2D eigenvalue weighted by atomic mass is 16.4. The zero-order valence-electron chi connectivity index (χ0n) is 11.5. The van der Waals surface area contributed by atoms with Gasteiger partial charge < -0.3 is 10.4 Å². The Labute approximate surface area is 117 Å². The van der Waals surface area contributed by atoms with Crippen LogP contribution in [0.5, 0.6) is 0 Å². The lowest BCUT2D eigenvalue weighted by Gasteiger charge is -2.42. The molecule has 0 spiro atoms. The zero-order chi connectivity index (χ0) is 14.2. The second-order valence-electron chi connectivity index (χ2n) is 5.49. The summed E-state index contributed by atoms with van der Waals surface area (Å²) in [6.07, 6.45) is 4.34. The maximum Gasteiger partial charge on any atom is 0.339 e. The number of aromatic nitrogens is 1. The van der Waals surface area contributed by atoms with Crippen molar-refractivity contribution in [2.75, 3.05) is 5.32 Å². The summed E-state index contributed by atoms with van der Waals surface area (Å²) < 4.78 is 0. The molecule has 2 N–H and O–H groups in total. The standard InChI is InChI=1S/C16H18N2O2/c1-2-16(8-5-9-16)18-14-12(15(19)20)10-11-6-3-4-7-13(11)17-14/h3-4,6-7,10H,2,5,8-9H2,1H3,(H,17,18)(H,19,20). The first kappa shape index (κ1) is 12.9. The molecule has 0 bridgehead atoms. The lowest BCUT2D eigenvalue weighted by Crippen LogP contribution is -2.44. The maximum atomic E-state index is 11.5. The normalized spacial score (nSPS) is 16.6. The van der Waals surface area contributed by atoms with Crippen molar-refractivity contribution >= 4 is 22.7 Å². The fourth-order valence-electron chi connectivity index (χ4n) is 2.80. The number of para-hydroxylation sites is 1. The van der Waals surface area contributed by atoms with Crippen molar-refractivity contribution < 1.29 is 9.90 Å². The second kappa shape index (κ2) is 4.78. The SMILES string of the molecule is CCC1(Nc2nc3ccccc3cc2C(=O)O)CCC1. The summed E-state index contributed by atoms with van der Waals surface area (Å²) in [4.78, 5) is 16.0. The van der Waals surface area contributed by atoms with Crippen molar-refractivity contribution in [1.82, 2.24) is 4.98 Å². The molecule has 1 saturated carbocycles. The molecule has 0 unspecified atom stereocenters. The van der Waals surface area contributed by atoms with Gasteiger partial charge in [-0.1, -0.05) is 25.1 Å². The quantitative estimate of drug-likeness (QED) is 0.889. The van der Waals surface area contributed by atoms with E-state index in [1.807, 2.05) is 24.3 Å². The van der Waals surface area contributed by atoms with Crippen molar-refractivity contribution in [2.24, 2.45) is 0 Å². The molecule has 1 aromatic heterocycles. The van der Waals surface area contributed by atoms with Gasteiger partial charge in [-0.3, -0.25) is 0 Å². The van der Waals surface area contributed by atoms with Gasteiger partial charge in [0.2, 0.25) is 0 Å². The first-order valence-corrected chi connectivity index (χ1v) is 7.05. The van der Waals surface area contributed by atoms with Gasteiger partial charge in [0.15, 0.2) is 0 Å². The van der Waals surface area contributed by atoms with Gasteiger partial charge in [-0.15, -0.1) is 0 Å². The number of nitrogens with zero attached hydrogens (tertiary/aromatic N) is 1. The largest absolute Gasteiger partial charge is 0.478 e. The monoisotopic (exact) mass is 270 g/mol. The Balaban J connectivity index is 2.07. The highest BCUT2D eigenvalue weighted by Gasteiger charge is 2.36. The number of nitrogens with one attached hydrogen (secondary N) is 1. The van der Waals surface area contributed by atoms with E-state index >= 15 is 0 Å². The van der Waals surface area contributed by atoms with Crippen LogP contribution >= 0.6 is 0 Å². The van der Waals surface area contributed by atoms with Crippen molar-refractivity contribution in [1.29, 1.82) is 0 Å². The van der Waals surface area contributed by atoms with E-state index in [4.69, 9.17) is 0 Å². The summed E-state index contributed by atoms with van der Waals surface area (Å²) >= 11 is 0. The molecule has 20 heavy (non-hydrogen) atoms. The highest BCUT2D eigenvalue weighted by molar-refractivity contribution is 5.98. The summed E-state index contributed by atoms with van der Waals surface area (Å²) in [5.41, 5.74) is 1.11. The van der Waals surface area contributed by atoms with Crippen LogP contribution in [0.1, 0.15) is 43.0 Å². The minimum Gasteiger partial charge on any atom is -0.478 e. The maximum absolute atomic E-state index is 11.5. The van der Waals surface area contributed by atoms with Crippen molar-refractivity contribution in [3.63, 3.8) is 0 Å². The predicted octanol–water partition coefficient (Wildman–Crippen LogP) is 3.68. The Morgan fingerprint density at radius 2 is 2.15 bits per heavy atom. The van der Waals surface area contributed by atoms with Crippen molar-refractivity contribution in [2.45, 2.75) is 38.1 Å². The molecular weight excluding hydrogens is 252 g/mol. The number of fused-ring (bicyclic) bond motifs is 1. The molecule has 1 fully saturated rings. The van der Waals surface area contributed by atoms with E-state index in [1.54, 1.807) is 6.07 Å². The van der Waals surface area contributed by atoms with Crippen LogP contribution in [0, 0.1) is 0 Å². The molecule has 2 aromatic rings. The number of anilines is 1. The van der Waals surface area contributed by atoms with E-state index in [0.29, 0.717) is 5.82 Å². The Bertz CT molecular complexity index is 657. The van der Waals surface area contributed by atoms with Crippen LogP contribution in [0.4, 0.5) is 5.82 Å². The van der Waals surface area contributed by atoms with Gasteiger partial charge in [0.25, 0.3) is 0 Å². The molecular formula is C16H18N2O2. The number of hydrogen-bond acceptors (Lipinski definition) is 3. The van der Waals surface area contributed by atoms with Crippen molar-refractivity contribution in [3.8, 4) is 0 Å². The Kier molecular flexibility index (Phi) is 3.08. The molecule has 1 heterocycles. The molecule has 0 saturated heterocycles. The first-order chi connectivity index (χ1) is 9.63. The molecule has 0 atom stereocenters. The fraction of sp³-hybridized carbons (Fsp3) is 0.375. The number of benzene rings is 1. The van der Waals surface area contributed by atoms with Crippen LogP contribution in [0.2, 0.25) is 0 Å². The van der Waals surface area contributed by atoms with Gasteiger partial charge in [0, 0.05) is 10.9 Å². The molecule has 0 radical (unpaired) electrons. The van der Waals surface area contributed by atoms with Gasteiger partial charge in [-0.25, -0.2) is 9.78 Å². The zero-order valence-corrected chi connectivity index (χ0v) is 11.5. The number of carboxylic acids is 1. The molecule has 4 nitrogen and oxygen atoms in total. The van der Waals surface area contributed by atoms with Crippen LogP contribution in [0.3, 0.4) is 0 Å². The number of carboxylic acid groups (broad SMARTS) is 1. The third kappa shape index (κ3) is 2.11. The van der Waals surface area contributed by atoms with Gasteiger partial charge in [0.1, 0.15) is 11.4 Å². The van der Waals surface area contributed by atoms with E-state index in [2.05, 4.69) is 17.2 Å². The van der Waals surface area contributed by atoms with E-state index in [1.165, 1.54) is 6.42 Å². The highest BCUT2D eigenvalue weighted by Crippen LogP contribution is 2.38. The van der Waals surface area contributed by atoms with E-state index in [9.17, 15) is 9.90 Å². The van der Waals surface area contributed by atoms with E-state index < -0.39 is 5.97 Å². The minimum absolute atomic E-state index is 0.0274.